The van der Waals surface area contributed by atoms with Gasteiger partial charge in [-0.1, -0.05) is 31.2 Å². The summed E-state index contributed by atoms with van der Waals surface area (Å²) >= 11 is 3.47. The maximum atomic E-state index is 12.3. The molecule has 0 saturated heterocycles. The highest BCUT2D eigenvalue weighted by Gasteiger charge is 2.28. The Hall–Kier alpha value is -2.21. The number of amides is 1. The Bertz CT molecular complexity index is 742. The molecule has 5 nitrogen and oxygen atoms in total. The lowest BCUT2D eigenvalue weighted by Crippen LogP contribution is -2.28. The van der Waals surface area contributed by atoms with Crippen molar-refractivity contribution < 1.29 is 18.5 Å². The van der Waals surface area contributed by atoms with E-state index >= 15 is 0 Å². The van der Waals surface area contributed by atoms with Crippen molar-refractivity contribution in [3.8, 4) is 5.75 Å². The van der Waals surface area contributed by atoms with Crippen LogP contribution >= 0.6 is 12.9 Å². The van der Waals surface area contributed by atoms with Crippen LogP contribution in [-0.2, 0) is 8.98 Å². The molecule has 0 heterocycles. The molecule has 1 N–H and O–H groups in total. The van der Waals surface area contributed by atoms with Crippen LogP contribution in [0, 0.1) is 5.41 Å². The quantitative estimate of drug-likeness (QED) is 0.372. The first-order valence-corrected chi connectivity index (χ1v) is 7.62. The molecular weight excluding hydrogens is 314 g/mol. The third kappa shape index (κ3) is 3.76. The zero-order chi connectivity index (χ0) is 17.0. The monoisotopic (exact) mass is 333 g/mol. The maximum Gasteiger partial charge on any atom is 0.423 e. The molecular formula is C17H19NO4S. The van der Waals surface area contributed by atoms with E-state index in [2.05, 4.69) is 22.4 Å². The topological polar surface area (TPSA) is 64.6 Å². The summed E-state index contributed by atoms with van der Waals surface area (Å²) in [5.74, 6) is 0.164. The van der Waals surface area contributed by atoms with Crippen LogP contribution in [0.15, 0.2) is 36.4 Å². The highest BCUT2D eigenvalue weighted by atomic mass is 32.1. The highest BCUT2D eigenvalue weighted by molar-refractivity contribution is 7.75. The molecule has 2 aromatic rings. The summed E-state index contributed by atoms with van der Waals surface area (Å²) in [5.41, 5.74) is -0.0115. The van der Waals surface area contributed by atoms with Crippen LogP contribution in [-0.4, -0.2) is 12.1 Å². The fraction of sp³-hybridized carbons (Fsp3) is 0.294. The van der Waals surface area contributed by atoms with Gasteiger partial charge in [-0.05, 0) is 32.4 Å². The second-order valence-electron chi connectivity index (χ2n) is 5.79. The number of anilines is 1. The Morgan fingerprint density at radius 3 is 2.39 bits per heavy atom. The molecule has 0 aliphatic carbocycles. The normalized spacial score (nSPS) is 11.1. The summed E-state index contributed by atoms with van der Waals surface area (Å²) < 4.78 is 9.89. The maximum absolute atomic E-state index is 12.3. The molecule has 0 radical (unpaired) electrons. The minimum atomic E-state index is -0.685. The Balaban J connectivity index is 2.42. The predicted octanol–water partition coefficient (Wildman–Crippen LogP) is 4.57. The Kier molecular flexibility index (Phi) is 5.15. The van der Waals surface area contributed by atoms with Crippen LogP contribution in [0.25, 0.3) is 10.8 Å². The van der Waals surface area contributed by atoms with Gasteiger partial charge >= 0.3 is 12.1 Å². The van der Waals surface area contributed by atoms with Crippen LogP contribution in [0.2, 0.25) is 0 Å². The lowest BCUT2D eigenvalue weighted by atomic mass is 9.90. The molecule has 0 bridgehead atoms. The summed E-state index contributed by atoms with van der Waals surface area (Å²) in [4.78, 5) is 23.7. The number of ether oxygens (including phenoxy) is 1. The van der Waals surface area contributed by atoms with E-state index in [9.17, 15) is 9.59 Å². The van der Waals surface area contributed by atoms with E-state index in [1.807, 2.05) is 45.0 Å². The molecule has 0 fully saturated rings. The number of hydrogen-bond acceptors (Lipinski definition) is 5. The lowest BCUT2D eigenvalue weighted by molar-refractivity contribution is -0.144. The first-order chi connectivity index (χ1) is 10.9. The third-order valence-corrected chi connectivity index (χ3v) is 4.01. The molecule has 1 amide bonds. The van der Waals surface area contributed by atoms with Crippen molar-refractivity contribution in [2.24, 2.45) is 5.41 Å². The fourth-order valence-corrected chi connectivity index (χ4v) is 2.03. The van der Waals surface area contributed by atoms with Crippen molar-refractivity contribution in [3.05, 3.63) is 36.4 Å². The summed E-state index contributed by atoms with van der Waals surface area (Å²) in [5, 5.41) is 4.05. The van der Waals surface area contributed by atoms with Gasteiger partial charge in [0.25, 0.3) is 0 Å². The van der Waals surface area contributed by atoms with E-state index in [1.54, 1.807) is 12.1 Å². The highest BCUT2D eigenvalue weighted by Crippen LogP contribution is 2.33. The van der Waals surface area contributed by atoms with Crippen molar-refractivity contribution in [1.29, 1.82) is 0 Å². The summed E-state index contributed by atoms with van der Waals surface area (Å²) in [6, 6.07) is 10.6. The number of thiol groups is 1. The molecule has 0 saturated carbocycles. The van der Waals surface area contributed by atoms with E-state index in [-0.39, 0.29) is 5.97 Å². The molecule has 2 aromatic carbocycles. The van der Waals surface area contributed by atoms with Crippen molar-refractivity contribution in [3.63, 3.8) is 0 Å². The van der Waals surface area contributed by atoms with Crippen LogP contribution in [0.4, 0.5) is 10.5 Å². The zero-order valence-electron chi connectivity index (χ0n) is 13.3. The number of benzene rings is 2. The number of carbonyl (C=O) groups is 2. The first kappa shape index (κ1) is 17.1. The summed E-state index contributed by atoms with van der Waals surface area (Å²) in [7, 11) is 0. The molecule has 6 heteroatoms. The number of nitrogens with one attached hydrogen (secondary N) is 1. The minimum Gasteiger partial charge on any atom is -0.425 e. The largest absolute Gasteiger partial charge is 0.425 e. The third-order valence-electron chi connectivity index (χ3n) is 3.84. The van der Waals surface area contributed by atoms with Crippen molar-refractivity contribution >= 4 is 41.4 Å². The lowest BCUT2D eigenvalue weighted by Gasteiger charge is -2.21. The average molecular weight is 333 g/mol. The molecule has 0 unspecified atom stereocenters. The SMILES string of the molecule is CCC(C)(C)C(=O)Oc1ccc(NC(=O)OS)c2ccccc12. The van der Waals surface area contributed by atoms with Gasteiger partial charge < -0.3 is 8.92 Å². The van der Waals surface area contributed by atoms with Gasteiger partial charge in [-0.2, -0.15) is 0 Å². The predicted molar refractivity (Wildman–Crippen MR) is 92.7 cm³/mol. The van der Waals surface area contributed by atoms with Crippen LogP contribution in [0.1, 0.15) is 27.2 Å². The smallest absolute Gasteiger partial charge is 0.423 e. The Morgan fingerprint density at radius 1 is 1.13 bits per heavy atom. The van der Waals surface area contributed by atoms with Gasteiger partial charge in [-0.15, -0.1) is 0 Å². The van der Waals surface area contributed by atoms with E-state index in [1.165, 1.54) is 0 Å². The van der Waals surface area contributed by atoms with Crippen LogP contribution in [0.3, 0.4) is 0 Å². The van der Waals surface area contributed by atoms with Crippen molar-refractivity contribution in [2.75, 3.05) is 5.32 Å². The molecule has 2 rings (SSSR count). The van der Waals surface area contributed by atoms with Crippen LogP contribution < -0.4 is 10.1 Å². The average Bonchev–Trinajstić information content (AvgIpc) is 2.56. The molecule has 0 aliphatic rings. The number of fused-ring (bicyclic) bond motifs is 1. The molecule has 0 atom stereocenters. The van der Waals surface area contributed by atoms with E-state index < -0.39 is 11.5 Å². The number of carbonyl (C=O) groups excluding carboxylic acids is 2. The second kappa shape index (κ2) is 6.91. The fourth-order valence-electron chi connectivity index (χ4n) is 1.98. The van der Waals surface area contributed by atoms with Gasteiger partial charge in [0.05, 0.1) is 11.1 Å². The summed E-state index contributed by atoms with van der Waals surface area (Å²) in [6.45, 7) is 5.63. The van der Waals surface area contributed by atoms with Gasteiger partial charge in [0, 0.05) is 23.7 Å². The second-order valence-corrected chi connectivity index (χ2v) is 5.97. The van der Waals surface area contributed by atoms with E-state index in [4.69, 9.17) is 4.74 Å². The van der Waals surface area contributed by atoms with E-state index in [0.717, 1.165) is 10.8 Å². The molecule has 23 heavy (non-hydrogen) atoms. The van der Waals surface area contributed by atoms with Gasteiger partial charge in [0.15, 0.2) is 0 Å². The zero-order valence-corrected chi connectivity index (χ0v) is 14.1. The van der Waals surface area contributed by atoms with E-state index in [0.29, 0.717) is 17.9 Å². The molecule has 0 aromatic heterocycles. The first-order valence-electron chi connectivity index (χ1n) is 7.25. The van der Waals surface area contributed by atoms with Gasteiger partial charge in [0.1, 0.15) is 5.75 Å². The Labute approximate surface area is 140 Å². The molecule has 0 spiro atoms. The Morgan fingerprint density at radius 2 is 1.78 bits per heavy atom. The summed E-state index contributed by atoms with van der Waals surface area (Å²) in [6.07, 6.45) is -0.00710. The molecule has 122 valence electrons. The van der Waals surface area contributed by atoms with Gasteiger partial charge in [-0.25, -0.2) is 4.79 Å². The molecule has 0 aliphatic heterocycles. The minimum absolute atomic E-state index is 0.291. The van der Waals surface area contributed by atoms with Crippen LogP contribution in [0.5, 0.6) is 5.75 Å². The van der Waals surface area contributed by atoms with Gasteiger partial charge in [0.2, 0.25) is 0 Å². The standard InChI is InChI=1S/C17H19NO4S/c1-4-17(2,3)15(19)21-14-10-9-13(18-16(20)22-23)11-7-5-6-8-12(11)14/h5-10,23H,4H2,1-3H3,(H,18,20). The number of esters is 1. The van der Waals surface area contributed by atoms with Crippen molar-refractivity contribution in [2.45, 2.75) is 27.2 Å². The van der Waals surface area contributed by atoms with Crippen molar-refractivity contribution in [1.82, 2.24) is 0 Å². The van der Waals surface area contributed by atoms with Gasteiger partial charge in [-0.3, -0.25) is 10.1 Å². The number of hydrogen-bond donors (Lipinski definition) is 2. The number of rotatable bonds is 4.